The first-order chi connectivity index (χ1) is 16.2. The number of hydrogen-bond donors (Lipinski definition) is 3. The number of aliphatic hydroxyl groups excluding tert-OH is 3. The lowest BCUT2D eigenvalue weighted by Gasteiger charge is -2.40. The standard InChI is InChI=1S/C24H26ClNO6S2/c1-12(2)24(30)31-10-17-20(27)21(28)22(29)23(32-17)13-3-4-16(25)15(7-13)8-19-26-9-18(34-19)14-5-6-33-11-14/h3-7,9,11-12,17,20-23,27-29H,8,10H2,1-2H3. The van der Waals surface area contributed by atoms with E-state index >= 15 is 0 Å². The predicted octanol–water partition coefficient (Wildman–Crippen LogP) is 3.84. The highest BCUT2D eigenvalue weighted by Gasteiger charge is 2.44. The van der Waals surface area contributed by atoms with E-state index in [1.807, 2.05) is 23.7 Å². The first-order valence-electron chi connectivity index (χ1n) is 10.9. The van der Waals surface area contributed by atoms with E-state index in [2.05, 4.69) is 10.4 Å². The molecule has 3 heterocycles. The average Bonchev–Trinajstić information content (AvgIpc) is 3.50. The summed E-state index contributed by atoms with van der Waals surface area (Å²) < 4.78 is 11.1. The maximum Gasteiger partial charge on any atom is 0.308 e. The number of nitrogens with zero attached hydrogens (tertiary/aromatic N) is 1. The Morgan fingerprint density at radius 1 is 1.21 bits per heavy atom. The fourth-order valence-electron chi connectivity index (χ4n) is 3.70. The molecule has 0 radical (unpaired) electrons. The first-order valence-corrected chi connectivity index (χ1v) is 13.0. The molecule has 5 atom stereocenters. The molecule has 3 aromatic rings. The van der Waals surface area contributed by atoms with Gasteiger partial charge in [0.1, 0.15) is 37.1 Å². The van der Waals surface area contributed by atoms with Gasteiger partial charge in [-0.2, -0.15) is 11.3 Å². The van der Waals surface area contributed by atoms with Gasteiger partial charge < -0.3 is 24.8 Å². The lowest BCUT2D eigenvalue weighted by Crippen LogP contribution is -2.55. The molecule has 3 N–H and O–H groups in total. The summed E-state index contributed by atoms with van der Waals surface area (Å²) in [7, 11) is 0. The monoisotopic (exact) mass is 523 g/mol. The van der Waals surface area contributed by atoms with Crippen molar-refractivity contribution in [3.05, 3.63) is 62.4 Å². The second-order valence-corrected chi connectivity index (χ2v) is 10.8. The van der Waals surface area contributed by atoms with Gasteiger partial charge in [-0.1, -0.05) is 37.6 Å². The zero-order chi connectivity index (χ0) is 24.4. The van der Waals surface area contributed by atoms with Crippen LogP contribution in [0.5, 0.6) is 0 Å². The molecular weight excluding hydrogens is 498 g/mol. The van der Waals surface area contributed by atoms with Gasteiger partial charge in [-0.25, -0.2) is 4.98 Å². The molecular formula is C24H26ClNO6S2. The van der Waals surface area contributed by atoms with Gasteiger partial charge in [0.2, 0.25) is 0 Å². The van der Waals surface area contributed by atoms with Gasteiger partial charge in [-0.15, -0.1) is 11.3 Å². The fourth-order valence-corrected chi connectivity index (χ4v) is 5.55. The number of rotatable bonds is 7. The third-order valence-corrected chi connectivity index (χ3v) is 7.77. The van der Waals surface area contributed by atoms with Crippen LogP contribution in [0.4, 0.5) is 0 Å². The number of aromatic nitrogens is 1. The van der Waals surface area contributed by atoms with Crippen molar-refractivity contribution >= 4 is 40.2 Å². The van der Waals surface area contributed by atoms with Crippen molar-refractivity contribution in [2.45, 2.75) is 50.8 Å². The Labute approximate surface area is 210 Å². The van der Waals surface area contributed by atoms with E-state index in [0.29, 0.717) is 17.0 Å². The highest BCUT2D eigenvalue weighted by molar-refractivity contribution is 7.15. The summed E-state index contributed by atoms with van der Waals surface area (Å²) in [4.78, 5) is 17.4. The molecule has 1 aromatic carbocycles. The molecule has 1 aliphatic heterocycles. The Balaban J connectivity index is 1.52. The minimum absolute atomic E-state index is 0.233. The molecule has 0 aliphatic carbocycles. The molecule has 5 unspecified atom stereocenters. The molecule has 34 heavy (non-hydrogen) atoms. The van der Waals surface area contributed by atoms with Gasteiger partial charge in [0.05, 0.1) is 15.8 Å². The Morgan fingerprint density at radius 3 is 2.71 bits per heavy atom. The van der Waals surface area contributed by atoms with Gasteiger partial charge in [-0.05, 0) is 34.0 Å². The van der Waals surface area contributed by atoms with Gasteiger partial charge in [0, 0.05) is 23.2 Å². The van der Waals surface area contributed by atoms with Gasteiger partial charge >= 0.3 is 5.97 Å². The van der Waals surface area contributed by atoms with Crippen LogP contribution < -0.4 is 0 Å². The molecule has 2 aromatic heterocycles. The number of halogens is 1. The van der Waals surface area contributed by atoms with Crippen LogP contribution >= 0.6 is 34.3 Å². The molecule has 1 aliphatic rings. The van der Waals surface area contributed by atoms with Gasteiger partial charge in [0.15, 0.2) is 0 Å². The van der Waals surface area contributed by atoms with Crippen LogP contribution in [0.2, 0.25) is 5.02 Å². The number of aliphatic hydroxyl groups is 3. The molecule has 7 nitrogen and oxygen atoms in total. The molecule has 0 bridgehead atoms. The maximum absolute atomic E-state index is 11.8. The molecule has 1 saturated heterocycles. The molecule has 0 spiro atoms. The second-order valence-electron chi connectivity index (χ2n) is 8.51. The molecule has 10 heteroatoms. The van der Waals surface area contributed by atoms with E-state index in [1.54, 1.807) is 48.7 Å². The van der Waals surface area contributed by atoms with Crippen molar-refractivity contribution in [1.82, 2.24) is 4.98 Å². The Bertz CT molecular complexity index is 1120. The number of thiophene rings is 1. The summed E-state index contributed by atoms with van der Waals surface area (Å²) in [5.74, 6) is -0.774. The van der Waals surface area contributed by atoms with E-state index in [-0.39, 0.29) is 12.5 Å². The minimum atomic E-state index is -1.47. The highest BCUT2D eigenvalue weighted by Crippen LogP contribution is 2.35. The number of benzene rings is 1. The van der Waals surface area contributed by atoms with Gasteiger partial charge in [0.25, 0.3) is 0 Å². The summed E-state index contributed by atoms with van der Waals surface area (Å²) in [5.41, 5.74) is 2.52. The lowest BCUT2D eigenvalue weighted by molar-refractivity contribution is -0.234. The number of esters is 1. The van der Waals surface area contributed by atoms with E-state index in [0.717, 1.165) is 21.0 Å². The van der Waals surface area contributed by atoms with Crippen molar-refractivity contribution in [1.29, 1.82) is 0 Å². The summed E-state index contributed by atoms with van der Waals surface area (Å²) in [5, 5.41) is 36.9. The van der Waals surface area contributed by atoms with Crippen LogP contribution in [0.1, 0.15) is 36.1 Å². The highest BCUT2D eigenvalue weighted by atomic mass is 35.5. The Hall–Kier alpha value is -1.85. The molecule has 182 valence electrons. The summed E-state index contributed by atoms with van der Waals surface area (Å²) in [6.45, 7) is 3.16. The first kappa shape index (κ1) is 25.2. The van der Waals surface area contributed by atoms with E-state index < -0.39 is 36.5 Å². The zero-order valence-electron chi connectivity index (χ0n) is 18.6. The maximum atomic E-state index is 11.8. The quantitative estimate of drug-likeness (QED) is 0.404. The third-order valence-electron chi connectivity index (χ3n) is 5.67. The van der Waals surface area contributed by atoms with Crippen LogP contribution in [0.3, 0.4) is 0 Å². The molecule has 0 amide bonds. The van der Waals surface area contributed by atoms with E-state index in [1.165, 1.54) is 0 Å². The van der Waals surface area contributed by atoms with E-state index in [9.17, 15) is 20.1 Å². The molecule has 1 fully saturated rings. The van der Waals surface area contributed by atoms with Gasteiger partial charge in [-0.3, -0.25) is 4.79 Å². The zero-order valence-corrected chi connectivity index (χ0v) is 21.0. The van der Waals surface area contributed by atoms with Crippen LogP contribution in [0, 0.1) is 5.92 Å². The molecule has 0 saturated carbocycles. The molecule has 4 rings (SSSR count). The SMILES string of the molecule is CC(C)C(=O)OCC1OC(c2ccc(Cl)c(Cc3ncc(-c4ccsc4)s3)c2)C(O)C(O)C1O. The number of ether oxygens (including phenoxy) is 2. The smallest absolute Gasteiger partial charge is 0.308 e. The minimum Gasteiger partial charge on any atom is -0.463 e. The summed E-state index contributed by atoms with van der Waals surface area (Å²) >= 11 is 9.66. The second kappa shape index (κ2) is 10.8. The van der Waals surface area contributed by atoms with Crippen molar-refractivity contribution in [2.75, 3.05) is 6.61 Å². The predicted molar refractivity (Wildman–Crippen MR) is 131 cm³/mol. The van der Waals surface area contributed by atoms with Crippen molar-refractivity contribution < 1.29 is 29.6 Å². The van der Waals surface area contributed by atoms with Crippen molar-refractivity contribution in [2.24, 2.45) is 5.92 Å². The largest absolute Gasteiger partial charge is 0.463 e. The topological polar surface area (TPSA) is 109 Å². The summed E-state index contributed by atoms with van der Waals surface area (Å²) in [6, 6.07) is 7.27. The van der Waals surface area contributed by atoms with Crippen LogP contribution in [-0.4, -0.2) is 57.3 Å². The van der Waals surface area contributed by atoms with E-state index in [4.69, 9.17) is 21.1 Å². The fraction of sp³-hybridized carbons (Fsp3) is 0.417. The van der Waals surface area contributed by atoms with Crippen LogP contribution in [-0.2, 0) is 20.7 Å². The normalized spacial score (nSPS) is 25.0. The summed E-state index contributed by atoms with van der Waals surface area (Å²) in [6.07, 6.45) is -3.82. The number of hydrogen-bond acceptors (Lipinski definition) is 9. The average molecular weight is 524 g/mol. The lowest BCUT2D eigenvalue weighted by atomic mass is 9.90. The third kappa shape index (κ3) is 5.52. The Morgan fingerprint density at radius 2 is 2.00 bits per heavy atom. The van der Waals surface area contributed by atoms with Crippen molar-refractivity contribution in [3.63, 3.8) is 0 Å². The number of carbonyl (C=O) groups is 1. The number of carbonyl (C=O) groups excluding carboxylic acids is 1. The van der Waals surface area contributed by atoms with Crippen LogP contribution in [0.15, 0.2) is 41.2 Å². The van der Waals surface area contributed by atoms with Crippen molar-refractivity contribution in [3.8, 4) is 10.4 Å². The van der Waals surface area contributed by atoms with Crippen LogP contribution in [0.25, 0.3) is 10.4 Å². The number of thiazole rings is 1. The Kier molecular flexibility index (Phi) is 8.04.